The number of amides is 1. The number of aliphatic hydroxyl groups is 1. The molecule has 0 bridgehead atoms. The summed E-state index contributed by atoms with van der Waals surface area (Å²) in [6.45, 7) is 1.92. The molecule has 2 aromatic carbocycles. The number of hydrogen-bond donors (Lipinski definition) is 3. The third-order valence-corrected chi connectivity index (χ3v) is 3.92. The standard InChI is InChI=1S/C20H18N2O3/c1-13(15-5-3-2-4-6-15)21-12-17-19(24)18(22-20(17)25)11-14-7-9-16(23)10-8-14/h2-13,23-24H,1H3,(H,22,25)/b18-11-,21-12?. The lowest BCUT2D eigenvalue weighted by Crippen LogP contribution is -2.16. The average Bonchev–Trinajstić information content (AvgIpc) is 2.89. The van der Waals surface area contributed by atoms with E-state index in [0.717, 1.165) is 11.1 Å². The van der Waals surface area contributed by atoms with Crippen molar-refractivity contribution in [3.8, 4) is 5.75 Å². The Labute approximate surface area is 145 Å². The van der Waals surface area contributed by atoms with Gasteiger partial charge in [-0.15, -0.1) is 0 Å². The minimum absolute atomic E-state index is 0.126. The van der Waals surface area contributed by atoms with Gasteiger partial charge < -0.3 is 15.5 Å². The molecule has 0 fully saturated rings. The third kappa shape index (κ3) is 3.77. The number of phenols is 1. The molecule has 1 aliphatic heterocycles. The highest BCUT2D eigenvalue weighted by Gasteiger charge is 2.25. The van der Waals surface area contributed by atoms with Gasteiger partial charge in [0.1, 0.15) is 11.3 Å². The number of phenolic OH excluding ortho intramolecular Hbond substituents is 1. The Morgan fingerprint density at radius 1 is 1.04 bits per heavy atom. The van der Waals surface area contributed by atoms with Crippen molar-refractivity contribution in [3.63, 3.8) is 0 Å². The van der Waals surface area contributed by atoms with E-state index in [-0.39, 0.29) is 23.1 Å². The summed E-state index contributed by atoms with van der Waals surface area (Å²) in [5.41, 5.74) is 2.21. The zero-order valence-electron chi connectivity index (χ0n) is 13.7. The van der Waals surface area contributed by atoms with Crippen molar-refractivity contribution in [2.45, 2.75) is 13.0 Å². The van der Waals surface area contributed by atoms with E-state index in [9.17, 15) is 15.0 Å². The second kappa shape index (κ2) is 7.05. The van der Waals surface area contributed by atoms with E-state index in [0.29, 0.717) is 5.70 Å². The molecule has 2 aromatic rings. The number of carbonyl (C=O) groups excluding carboxylic acids is 1. The fourth-order valence-corrected chi connectivity index (χ4v) is 2.47. The fourth-order valence-electron chi connectivity index (χ4n) is 2.47. The van der Waals surface area contributed by atoms with Crippen LogP contribution in [0.5, 0.6) is 5.75 Å². The summed E-state index contributed by atoms with van der Waals surface area (Å²) in [6.07, 6.45) is 3.04. The van der Waals surface area contributed by atoms with Gasteiger partial charge in [0, 0.05) is 6.21 Å². The number of aromatic hydroxyl groups is 1. The predicted molar refractivity (Wildman–Crippen MR) is 97.2 cm³/mol. The number of nitrogens with zero attached hydrogens (tertiary/aromatic N) is 1. The number of carbonyl (C=O) groups is 1. The van der Waals surface area contributed by atoms with Crippen LogP contribution in [0, 0.1) is 0 Å². The van der Waals surface area contributed by atoms with Crippen LogP contribution in [-0.4, -0.2) is 22.3 Å². The molecule has 25 heavy (non-hydrogen) atoms. The maximum atomic E-state index is 12.1. The highest BCUT2D eigenvalue weighted by Crippen LogP contribution is 2.22. The first-order valence-electron chi connectivity index (χ1n) is 7.88. The minimum atomic E-state index is -0.397. The lowest BCUT2D eigenvalue weighted by molar-refractivity contribution is -0.115. The van der Waals surface area contributed by atoms with Crippen LogP contribution in [0.4, 0.5) is 0 Å². The maximum absolute atomic E-state index is 12.1. The molecule has 5 heteroatoms. The zero-order chi connectivity index (χ0) is 17.8. The fraction of sp³-hybridized carbons (Fsp3) is 0.100. The van der Waals surface area contributed by atoms with E-state index in [4.69, 9.17) is 0 Å². The highest BCUT2D eigenvalue weighted by atomic mass is 16.3. The molecule has 0 saturated carbocycles. The lowest BCUT2D eigenvalue weighted by atomic mass is 10.1. The van der Waals surface area contributed by atoms with E-state index in [1.54, 1.807) is 18.2 Å². The normalized spacial score (nSPS) is 17.3. The number of hydrogen-bond acceptors (Lipinski definition) is 4. The summed E-state index contributed by atoms with van der Waals surface area (Å²) in [5, 5.41) is 22.2. The molecule has 0 saturated heterocycles. The van der Waals surface area contributed by atoms with Crippen LogP contribution >= 0.6 is 0 Å². The number of aliphatic hydroxyl groups excluding tert-OH is 1. The SMILES string of the molecule is CC(N=CC1=C(O)/C(=C/c2ccc(O)cc2)NC1=O)c1ccccc1. The molecule has 3 N–H and O–H groups in total. The highest BCUT2D eigenvalue weighted by molar-refractivity contribution is 6.16. The lowest BCUT2D eigenvalue weighted by Gasteiger charge is -2.05. The topological polar surface area (TPSA) is 81.9 Å². The van der Waals surface area contributed by atoms with Crippen LogP contribution in [0.2, 0.25) is 0 Å². The van der Waals surface area contributed by atoms with Crippen molar-refractivity contribution in [1.29, 1.82) is 0 Å². The molecular weight excluding hydrogens is 316 g/mol. The van der Waals surface area contributed by atoms with E-state index in [1.807, 2.05) is 37.3 Å². The van der Waals surface area contributed by atoms with Crippen molar-refractivity contribution in [1.82, 2.24) is 5.32 Å². The summed E-state index contributed by atoms with van der Waals surface area (Å²) in [6, 6.07) is 16.0. The molecule has 1 amide bonds. The van der Waals surface area contributed by atoms with E-state index in [2.05, 4.69) is 10.3 Å². The maximum Gasteiger partial charge on any atom is 0.261 e. The smallest absolute Gasteiger partial charge is 0.261 e. The van der Waals surface area contributed by atoms with Gasteiger partial charge in [-0.2, -0.15) is 0 Å². The Hall–Kier alpha value is -3.34. The average molecular weight is 334 g/mol. The summed E-state index contributed by atoms with van der Waals surface area (Å²) in [4.78, 5) is 16.5. The monoisotopic (exact) mass is 334 g/mol. The van der Waals surface area contributed by atoms with Crippen LogP contribution in [0.1, 0.15) is 24.1 Å². The van der Waals surface area contributed by atoms with Crippen LogP contribution in [0.25, 0.3) is 6.08 Å². The number of rotatable bonds is 4. The Kier molecular flexibility index (Phi) is 4.66. The van der Waals surface area contributed by atoms with Gasteiger partial charge in [-0.3, -0.25) is 9.79 Å². The molecular formula is C20H18N2O3. The zero-order valence-corrected chi connectivity index (χ0v) is 13.7. The van der Waals surface area contributed by atoms with Gasteiger partial charge in [0.2, 0.25) is 0 Å². The first-order chi connectivity index (χ1) is 12.0. The van der Waals surface area contributed by atoms with Crippen molar-refractivity contribution < 1.29 is 15.0 Å². The van der Waals surface area contributed by atoms with Crippen molar-refractivity contribution in [2.24, 2.45) is 4.99 Å². The van der Waals surface area contributed by atoms with Crippen molar-refractivity contribution >= 4 is 18.2 Å². The van der Waals surface area contributed by atoms with E-state index in [1.165, 1.54) is 18.3 Å². The summed E-state index contributed by atoms with van der Waals surface area (Å²) in [7, 11) is 0. The van der Waals surface area contributed by atoms with Gasteiger partial charge in [0.15, 0.2) is 5.76 Å². The van der Waals surface area contributed by atoms with Gasteiger partial charge in [0.25, 0.3) is 5.91 Å². The van der Waals surface area contributed by atoms with Crippen LogP contribution < -0.4 is 5.32 Å². The summed E-state index contributed by atoms with van der Waals surface area (Å²) >= 11 is 0. The Bertz CT molecular complexity index is 866. The largest absolute Gasteiger partial charge is 0.508 e. The van der Waals surface area contributed by atoms with E-state index >= 15 is 0 Å². The Morgan fingerprint density at radius 2 is 1.72 bits per heavy atom. The second-order valence-electron chi connectivity index (χ2n) is 5.73. The number of nitrogens with one attached hydrogen (secondary N) is 1. The minimum Gasteiger partial charge on any atom is -0.508 e. The van der Waals surface area contributed by atoms with Crippen molar-refractivity contribution in [2.75, 3.05) is 0 Å². The Balaban J connectivity index is 1.83. The first kappa shape index (κ1) is 16.5. The van der Waals surface area contributed by atoms with Gasteiger partial charge in [-0.05, 0) is 36.3 Å². The van der Waals surface area contributed by atoms with Crippen LogP contribution in [0.15, 0.2) is 76.6 Å². The number of aliphatic imine (C=N–C) groups is 1. The van der Waals surface area contributed by atoms with Crippen LogP contribution in [-0.2, 0) is 4.79 Å². The van der Waals surface area contributed by atoms with Gasteiger partial charge in [-0.25, -0.2) is 0 Å². The molecule has 126 valence electrons. The number of benzene rings is 2. The summed E-state index contributed by atoms with van der Waals surface area (Å²) < 4.78 is 0. The molecule has 1 unspecified atom stereocenters. The molecule has 0 aromatic heterocycles. The molecule has 1 heterocycles. The molecule has 0 aliphatic carbocycles. The van der Waals surface area contributed by atoms with Gasteiger partial charge >= 0.3 is 0 Å². The molecule has 0 radical (unpaired) electrons. The third-order valence-electron chi connectivity index (χ3n) is 3.92. The molecule has 0 spiro atoms. The molecule has 3 rings (SSSR count). The second-order valence-corrected chi connectivity index (χ2v) is 5.73. The summed E-state index contributed by atoms with van der Waals surface area (Å²) in [5.74, 6) is -0.381. The molecule has 1 aliphatic rings. The molecule has 1 atom stereocenters. The van der Waals surface area contributed by atoms with Gasteiger partial charge in [0.05, 0.1) is 11.7 Å². The van der Waals surface area contributed by atoms with Crippen molar-refractivity contribution in [3.05, 3.63) is 82.8 Å². The predicted octanol–water partition coefficient (Wildman–Crippen LogP) is 3.51. The quantitative estimate of drug-likeness (QED) is 0.748. The van der Waals surface area contributed by atoms with E-state index < -0.39 is 5.91 Å². The Morgan fingerprint density at radius 3 is 2.40 bits per heavy atom. The first-order valence-corrected chi connectivity index (χ1v) is 7.88. The molecule has 5 nitrogen and oxygen atoms in total. The van der Waals surface area contributed by atoms with Crippen LogP contribution in [0.3, 0.4) is 0 Å². The van der Waals surface area contributed by atoms with Gasteiger partial charge in [-0.1, -0.05) is 42.5 Å².